The van der Waals surface area contributed by atoms with Crippen LogP contribution in [-0.2, 0) is 34.0 Å². The van der Waals surface area contributed by atoms with Crippen molar-refractivity contribution in [1.29, 1.82) is 0 Å². The van der Waals surface area contributed by atoms with Gasteiger partial charge in [0.15, 0.2) is 4.75 Å². The monoisotopic (exact) mass is 512 g/mol. The van der Waals surface area contributed by atoms with Crippen LogP contribution in [0.25, 0.3) is 0 Å². The number of esters is 2. The summed E-state index contributed by atoms with van der Waals surface area (Å²) in [5, 5.41) is 27.8. The van der Waals surface area contributed by atoms with E-state index in [9.17, 15) is 32.5 Å². The topological polar surface area (TPSA) is 190 Å². The molecule has 0 saturated heterocycles. The first-order valence-corrected chi connectivity index (χ1v) is 11.4. The number of aliphatic hydroxyl groups is 2. The second-order valence-electron chi connectivity index (χ2n) is 6.78. The van der Waals surface area contributed by atoms with Crippen LogP contribution in [0.5, 0.6) is 0 Å². The van der Waals surface area contributed by atoms with Gasteiger partial charge in [-0.1, -0.05) is 31.4 Å². The Balaban J connectivity index is -0.00000450. The van der Waals surface area contributed by atoms with Crippen molar-refractivity contribution < 1.29 is 81.7 Å². The Labute approximate surface area is 238 Å². The van der Waals surface area contributed by atoms with Gasteiger partial charge in [0.1, 0.15) is 23.3 Å². The Hall–Kier alpha value is -0.0200. The molecule has 0 aromatic rings. The molecule has 33 heavy (non-hydrogen) atoms. The molecular formula is C19H30Na2O11S-. The Morgan fingerprint density at radius 3 is 2.00 bits per heavy atom. The number of carboxylic acid groups (broad SMARTS) is 1. The fourth-order valence-electron chi connectivity index (χ4n) is 2.69. The van der Waals surface area contributed by atoms with Gasteiger partial charge in [-0.2, -0.15) is 0 Å². The summed E-state index contributed by atoms with van der Waals surface area (Å²) in [6, 6.07) is 0. The molecule has 0 aromatic carbocycles. The third-order valence-corrected chi connectivity index (χ3v) is 5.76. The molecule has 0 aliphatic carbocycles. The molecule has 181 valence electrons. The maximum absolute atomic E-state index is 12.3. The third kappa shape index (κ3) is 16.3. The Morgan fingerprint density at radius 1 is 0.909 bits per heavy atom. The molecule has 14 heteroatoms. The smallest absolute Gasteiger partial charge is 0.747 e. The van der Waals surface area contributed by atoms with Crippen LogP contribution in [0.3, 0.4) is 0 Å². The minimum Gasteiger partial charge on any atom is -0.747 e. The van der Waals surface area contributed by atoms with Gasteiger partial charge in [-0.05, 0) is 32.1 Å². The van der Waals surface area contributed by atoms with Crippen LogP contribution in [0.15, 0.2) is 12.2 Å². The maximum Gasteiger partial charge on any atom is 1.00 e. The minimum atomic E-state index is -5.36. The predicted octanol–water partition coefficient (Wildman–Crippen LogP) is -4.22. The van der Waals surface area contributed by atoms with Gasteiger partial charge in [-0.25, -0.2) is 8.42 Å². The second-order valence-corrected chi connectivity index (χ2v) is 8.47. The SMILES string of the molecule is O=C([O-])CCCCCCCC=CCC(CC(=O)OCCO)(C(=O)OCCO)S(=O)(=O)[O-].[Na+].[Na]. The van der Waals surface area contributed by atoms with Gasteiger partial charge < -0.3 is 34.1 Å². The predicted molar refractivity (Wildman–Crippen MR) is 110 cm³/mol. The molecule has 0 heterocycles. The molecule has 0 aliphatic heterocycles. The van der Waals surface area contributed by atoms with Crippen LogP contribution >= 0.6 is 0 Å². The molecule has 0 spiro atoms. The van der Waals surface area contributed by atoms with Crippen molar-refractivity contribution in [2.75, 3.05) is 26.4 Å². The number of unbranched alkanes of at least 4 members (excludes halogenated alkanes) is 5. The molecule has 0 rings (SSSR count). The zero-order valence-electron chi connectivity index (χ0n) is 19.3. The molecule has 1 radical (unpaired) electrons. The van der Waals surface area contributed by atoms with E-state index in [4.69, 9.17) is 10.2 Å². The van der Waals surface area contributed by atoms with Crippen molar-refractivity contribution in [3.05, 3.63) is 12.2 Å². The Bertz CT molecular complexity index is 698. The van der Waals surface area contributed by atoms with E-state index in [1.807, 2.05) is 0 Å². The number of ether oxygens (including phenoxy) is 2. The van der Waals surface area contributed by atoms with Crippen molar-refractivity contribution in [2.45, 2.75) is 62.5 Å². The number of hydrogen-bond acceptors (Lipinski definition) is 11. The van der Waals surface area contributed by atoms with Crippen molar-refractivity contribution in [2.24, 2.45) is 0 Å². The minimum absolute atomic E-state index is 0. The fraction of sp³-hybridized carbons (Fsp3) is 0.737. The summed E-state index contributed by atoms with van der Waals surface area (Å²) in [5.74, 6) is -3.72. The largest absolute Gasteiger partial charge is 1.00 e. The molecule has 0 fully saturated rings. The Morgan fingerprint density at radius 2 is 1.45 bits per heavy atom. The van der Waals surface area contributed by atoms with E-state index in [1.165, 1.54) is 6.08 Å². The zero-order chi connectivity index (χ0) is 23.8. The summed E-state index contributed by atoms with van der Waals surface area (Å²) in [4.78, 5) is 34.5. The maximum atomic E-state index is 12.3. The van der Waals surface area contributed by atoms with Gasteiger partial charge in [0.05, 0.1) is 19.6 Å². The average molecular weight is 512 g/mol. The summed E-state index contributed by atoms with van der Waals surface area (Å²) in [5.41, 5.74) is 0. The molecule has 0 saturated carbocycles. The molecule has 2 N–H and O–H groups in total. The number of hydrogen-bond donors (Lipinski definition) is 2. The van der Waals surface area contributed by atoms with E-state index in [-0.39, 0.29) is 65.5 Å². The second kappa shape index (κ2) is 21.3. The molecule has 0 amide bonds. The van der Waals surface area contributed by atoms with E-state index in [0.717, 1.165) is 19.3 Å². The van der Waals surface area contributed by atoms with Crippen LogP contribution in [0.4, 0.5) is 0 Å². The van der Waals surface area contributed by atoms with E-state index in [1.54, 1.807) is 6.08 Å². The van der Waals surface area contributed by atoms with Crippen LogP contribution in [0.1, 0.15) is 57.8 Å². The van der Waals surface area contributed by atoms with Crippen molar-refractivity contribution in [3.8, 4) is 0 Å². The van der Waals surface area contributed by atoms with Gasteiger partial charge in [0, 0.05) is 35.5 Å². The first kappa shape index (κ1) is 37.5. The van der Waals surface area contributed by atoms with Crippen molar-refractivity contribution >= 4 is 57.6 Å². The van der Waals surface area contributed by atoms with Crippen molar-refractivity contribution in [3.63, 3.8) is 0 Å². The third-order valence-electron chi connectivity index (χ3n) is 4.33. The number of carbonyl (C=O) groups is 3. The van der Waals surface area contributed by atoms with Gasteiger partial charge in [-0.3, -0.25) is 9.59 Å². The summed E-state index contributed by atoms with van der Waals surface area (Å²) in [7, 11) is -5.36. The standard InChI is InChI=1S/C19H32O11S.2Na/c20-11-13-29-17(24)15-19(31(26,27)28,18(25)30-14-12-21)10-8-6-4-2-1-3-5-7-9-16(22)23;;/h6,8,20-21H,1-5,7,9-15H2,(H,22,23)(H,26,27,28);;/q;;+1/p-2. The normalized spacial score (nSPS) is 12.8. The van der Waals surface area contributed by atoms with E-state index >= 15 is 0 Å². The molecule has 1 atom stereocenters. The first-order valence-electron chi connectivity index (χ1n) is 9.95. The first-order chi connectivity index (χ1) is 14.6. The molecule has 0 bridgehead atoms. The summed E-state index contributed by atoms with van der Waals surface area (Å²) < 4.78 is 42.2. The quantitative estimate of drug-likeness (QED) is 0.0595. The number of carboxylic acids is 1. The van der Waals surface area contributed by atoms with Crippen LogP contribution in [0, 0.1) is 0 Å². The number of aliphatic carboxylic acids is 1. The Kier molecular flexibility index (Phi) is 24.2. The molecule has 1 unspecified atom stereocenters. The van der Waals surface area contributed by atoms with Gasteiger partial charge >= 0.3 is 41.5 Å². The number of carbonyl (C=O) groups excluding carboxylic acids is 3. The van der Waals surface area contributed by atoms with Crippen molar-refractivity contribution in [1.82, 2.24) is 0 Å². The van der Waals surface area contributed by atoms with E-state index in [2.05, 4.69) is 9.47 Å². The van der Waals surface area contributed by atoms with Gasteiger partial charge in [0.2, 0.25) is 0 Å². The average Bonchev–Trinajstić information content (AvgIpc) is 2.69. The van der Waals surface area contributed by atoms with Gasteiger partial charge in [-0.15, -0.1) is 0 Å². The molecule has 0 aromatic heterocycles. The van der Waals surface area contributed by atoms with Crippen LogP contribution < -0.4 is 34.7 Å². The van der Waals surface area contributed by atoms with Gasteiger partial charge in [0.25, 0.3) is 0 Å². The number of aliphatic hydroxyl groups excluding tert-OH is 2. The zero-order valence-corrected chi connectivity index (χ0v) is 24.1. The summed E-state index contributed by atoms with van der Waals surface area (Å²) in [6.07, 6.45) is 5.27. The molecule has 0 aliphatic rings. The summed E-state index contributed by atoms with van der Waals surface area (Å²) in [6.45, 7) is -2.11. The number of allylic oxidation sites excluding steroid dienone is 2. The van der Waals surface area contributed by atoms with Crippen LogP contribution in [-0.4, -0.2) is 102 Å². The molecular weight excluding hydrogens is 482 g/mol. The van der Waals surface area contributed by atoms with Crippen LogP contribution in [0.2, 0.25) is 0 Å². The summed E-state index contributed by atoms with van der Waals surface area (Å²) >= 11 is 0. The van der Waals surface area contributed by atoms with E-state index < -0.39 is 72.0 Å². The number of rotatable bonds is 18. The van der Waals surface area contributed by atoms with E-state index in [0.29, 0.717) is 19.3 Å². The fourth-order valence-corrected chi connectivity index (χ4v) is 3.55. The molecule has 11 nitrogen and oxygen atoms in total.